The summed E-state index contributed by atoms with van der Waals surface area (Å²) >= 11 is -1.15. The van der Waals surface area contributed by atoms with Crippen LogP contribution in [-0.4, -0.2) is 27.1 Å². The normalized spacial score (nSPS) is 15.6. The Morgan fingerprint density at radius 2 is 2.12 bits per heavy atom. The molecule has 0 fully saturated rings. The minimum atomic E-state index is -1.15. The Balaban J connectivity index is 2.68. The summed E-state index contributed by atoms with van der Waals surface area (Å²) in [7, 11) is 0. The second kappa shape index (κ2) is 4.06. The summed E-state index contributed by atoms with van der Waals surface area (Å²) in [6.45, 7) is 0. The maximum atomic E-state index is 11.8. The minimum absolute atomic E-state index is 0.00784. The van der Waals surface area contributed by atoms with E-state index < -0.39 is 11.2 Å². The van der Waals surface area contributed by atoms with E-state index in [0.29, 0.717) is 16.0 Å². The molecule has 16 heavy (non-hydrogen) atoms. The van der Waals surface area contributed by atoms with E-state index in [1.807, 2.05) is 0 Å². The van der Waals surface area contributed by atoms with Crippen LogP contribution in [0.2, 0.25) is 0 Å². The Bertz CT molecular complexity index is 543. The van der Waals surface area contributed by atoms with Gasteiger partial charge in [0, 0.05) is 17.2 Å². The van der Waals surface area contributed by atoms with Gasteiger partial charge in [0.25, 0.3) is 5.78 Å². The van der Waals surface area contributed by atoms with Crippen molar-refractivity contribution in [3.8, 4) is 0 Å². The Morgan fingerprint density at radius 1 is 1.38 bits per heavy atom. The fourth-order valence-corrected chi connectivity index (χ4v) is 2.38. The zero-order valence-corrected chi connectivity index (χ0v) is 9.32. The van der Waals surface area contributed by atoms with Crippen LogP contribution in [0.3, 0.4) is 0 Å². The summed E-state index contributed by atoms with van der Waals surface area (Å²) in [5.74, 6) is -0.354. The minimum Gasteiger partial charge on any atom is -0.612 e. The van der Waals surface area contributed by atoms with Crippen molar-refractivity contribution >= 4 is 28.7 Å². The van der Waals surface area contributed by atoms with Gasteiger partial charge in [0.1, 0.15) is 6.26 Å². The number of nitrogens with zero attached hydrogens (tertiary/aromatic N) is 2. The van der Waals surface area contributed by atoms with Gasteiger partial charge in [-0.05, 0) is 29.4 Å². The lowest BCUT2D eigenvalue weighted by Gasteiger charge is -2.12. The molecule has 0 N–H and O–H groups in total. The lowest BCUT2D eigenvalue weighted by Crippen LogP contribution is -2.19. The van der Waals surface area contributed by atoms with Crippen molar-refractivity contribution in [1.29, 1.82) is 0 Å². The van der Waals surface area contributed by atoms with Gasteiger partial charge >= 0.3 is 5.71 Å². The number of Topliss-reactive ketones (excluding diaryl/α,β-unsaturated/α-hetero) is 1. The van der Waals surface area contributed by atoms with Gasteiger partial charge in [-0.25, -0.2) is 0 Å². The number of hydrogen-bond acceptors (Lipinski definition) is 2. The molecular formula is C11H8N2O2S. The summed E-state index contributed by atoms with van der Waals surface area (Å²) in [6, 6.07) is 5.01. The largest absolute Gasteiger partial charge is 0.612 e. The van der Waals surface area contributed by atoms with E-state index in [2.05, 4.69) is 4.79 Å². The highest BCUT2D eigenvalue weighted by atomic mass is 32.2. The molecule has 1 aliphatic rings. The topological polar surface area (TPSA) is 76.5 Å². The van der Waals surface area contributed by atoms with E-state index in [9.17, 15) is 9.35 Å². The second-order valence-corrected chi connectivity index (χ2v) is 4.67. The first-order chi connectivity index (χ1) is 7.65. The maximum Gasteiger partial charge on any atom is 0.362 e. The van der Waals surface area contributed by atoms with E-state index in [1.54, 1.807) is 30.5 Å². The van der Waals surface area contributed by atoms with Gasteiger partial charge in [0.15, 0.2) is 4.90 Å². The molecule has 0 amide bonds. The molecule has 1 atom stereocenters. The molecule has 0 saturated heterocycles. The molecule has 4 nitrogen and oxygen atoms in total. The molecule has 1 unspecified atom stereocenters. The highest BCUT2D eigenvalue weighted by molar-refractivity contribution is 7.90. The van der Waals surface area contributed by atoms with Crippen molar-refractivity contribution in [3.05, 3.63) is 40.9 Å². The number of allylic oxidation sites excluding steroid dienone is 1. The molecule has 1 aliphatic carbocycles. The van der Waals surface area contributed by atoms with Crippen LogP contribution in [0.15, 0.2) is 29.2 Å². The smallest absolute Gasteiger partial charge is 0.362 e. The summed E-state index contributed by atoms with van der Waals surface area (Å²) in [6.07, 6.45) is 4.62. The van der Waals surface area contributed by atoms with Crippen LogP contribution < -0.4 is 0 Å². The van der Waals surface area contributed by atoms with Crippen LogP contribution in [0.1, 0.15) is 15.9 Å². The Kier molecular flexibility index (Phi) is 2.75. The molecule has 0 bridgehead atoms. The van der Waals surface area contributed by atoms with Gasteiger partial charge in [-0.2, -0.15) is 4.79 Å². The van der Waals surface area contributed by atoms with Crippen molar-refractivity contribution < 1.29 is 14.1 Å². The van der Waals surface area contributed by atoms with Gasteiger partial charge in [-0.1, -0.05) is 6.07 Å². The van der Waals surface area contributed by atoms with Crippen molar-refractivity contribution in [2.24, 2.45) is 0 Å². The molecule has 0 saturated carbocycles. The third-order valence-electron chi connectivity index (χ3n) is 2.37. The lowest BCUT2D eigenvalue weighted by molar-refractivity contribution is -0.00436. The van der Waals surface area contributed by atoms with Crippen molar-refractivity contribution in [2.75, 3.05) is 6.26 Å². The molecule has 2 rings (SSSR count). The van der Waals surface area contributed by atoms with Gasteiger partial charge in [0.2, 0.25) is 0 Å². The highest BCUT2D eigenvalue weighted by Gasteiger charge is 2.28. The summed E-state index contributed by atoms with van der Waals surface area (Å²) in [5.41, 5.74) is 9.67. The number of hydrogen-bond donors (Lipinski definition) is 0. The number of ketones is 1. The first-order valence-corrected chi connectivity index (χ1v) is 6.12. The lowest BCUT2D eigenvalue weighted by atomic mass is 9.95. The fourth-order valence-electron chi connectivity index (χ4n) is 1.62. The van der Waals surface area contributed by atoms with Gasteiger partial charge < -0.3 is 10.1 Å². The number of carbonyl (C=O) groups is 1. The predicted octanol–water partition coefficient (Wildman–Crippen LogP) is 1.30. The molecule has 5 heteroatoms. The molecule has 0 aliphatic heterocycles. The van der Waals surface area contributed by atoms with Crippen LogP contribution >= 0.6 is 0 Å². The van der Waals surface area contributed by atoms with E-state index in [0.717, 1.165) is 0 Å². The first-order valence-electron chi connectivity index (χ1n) is 4.56. The van der Waals surface area contributed by atoms with Crippen LogP contribution in [-0.2, 0) is 11.2 Å². The van der Waals surface area contributed by atoms with Crippen LogP contribution in [0.4, 0.5) is 0 Å². The average molecular weight is 232 g/mol. The second-order valence-electron chi connectivity index (χ2n) is 3.32. The van der Waals surface area contributed by atoms with Gasteiger partial charge in [-0.3, -0.25) is 4.79 Å². The predicted molar refractivity (Wildman–Crippen MR) is 60.8 cm³/mol. The number of benzene rings is 1. The molecule has 0 radical (unpaired) electrons. The van der Waals surface area contributed by atoms with Gasteiger partial charge in [0.05, 0.1) is 0 Å². The maximum absolute atomic E-state index is 11.8. The summed E-state index contributed by atoms with van der Waals surface area (Å²) in [5, 5.41) is 0. The van der Waals surface area contributed by atoms with E-state index >= 15 is 0 Å². The average Bonchev–Trinajstić information content (AvgIpc) is 2.29. The molecule has 80 valence electrons. The third kappa shape index (κ3) is 1.61. The van der Waals surface area contributed by atoms with E-state index in [4.69, 9.17) is 5.53 Å². The zero-order valence-electron chi connectivity index (χ0n) is 8.51. The van der Waals surface area contributed by atoms with Crippen molar-refractivity contribution in [3.63, 3.8) is 0 Å². The van der Waals surface area contributed by atoms with E-state index in [-0.39, 0.29) is 11.5 Å². The van der Waals surface area contributed by atoms with Crippen molar-refractivity contribution in [2.45, 2.75) is 4.90 Å². The first kappa shape index (κ1) is 10.8. The summed E-state index contributed by atoms with van der Waals surface area (Å²) in [4.78, 5) is 15.3. The SMILES string of the molecule is C[S+]([O-])c1cccc2c1C=CC(=[N+]=[N-])C2=O. The standard InChI is InChI=1S/C11H8N2O2S/c1-16(15)10-4-2-3-8-7(10)5-6-9(13-12)11(8)14/h2-6H,1H3. The van der Waals surface area contributed by atoms with Crippen LogP contribution in [0.5, 0.6) is 0 Å². The molecular weight excluding hydrogens is 224 g/mol. The molecule has 0 aromatic heterocycles. The number of fused-ring (bicyclic) bond motifs is 1. The van der Waals surface area contributed by atoms with E-state index in [1.165, 1.54) is 6.08 Å². The monoisotopic (exact) mass is 232 g/mol. The number of carbonyl (C=O) groups excluding carboxylic acids is 1. The summed E-state index contributed by atoms with van der Waals surface area (Å²) < 4.78 is 11.5. The van der Waals surface area contributed by atoms with Crippen molar-refractivity contribution in [1.82, 2.24) is 0 Å². The quantitative estimate of drug-likeness (QED) is 0.415. The molecule has 1 aromatic carbocycles. The Labute approximate surface area is 95.4 Å². The third-order valence-corrected chi connectivity index (χ3v) is 3.34. The Morgan fingerprint density at radius 3 is 2.75 bits per heavy atom. The zero-order chi connectivity index (χ0) is 11.7. The van der Waals surface area contributed by atoms with Gasteiger partial charge in [-0.15, -0.1) is 0 Å². The fraction of sp³-hybridized carbons (Fsp3) is 0.0909. The Hall–Kier alpha value is -1.68. The van der Waals surface area contributed by atoms with Crippen LogP contribution in [0, 0.1) is 0 Å². The molecule has 0 heterocycles. The number of rotatable bonds is 1. The molecule has 1 aromatic rings. The van der Waals surface area contributed by atoms with Crippen LogP contribution in [0.25, 0.3) is 11.6 Å². The highest BCUT2D eigenvalue weighted by Crippen LogP contribution is 2.24. The molecule has 0 spiro atoms.